The molecule has 2 heterocycles. The Bertz CT molecular complexity index is 350. The topological polar surface area (TPSA) is 77.4 Å². The maximum atomic E-state index is 6.11. The van der Waals surface area contributed by atoms with Crippen LogP contribution in [0.3, 0.4) is 0 Å². The first-order valence-electron chi connectivity index (χ1n) is 6.59. The first-order valence-corrected chi connectivity index (χ1v) is 6.59. The second-order valence-electron chi connectivity index (χ2n) is 4.76. The molecule has 0 aliphatic carbocycles. The van der Waals surface area contributed by atoms with Gasteiger partial charge in [-0.05, 0) is 25.9 Å². The van der Waals surface area contributed by atoms with E-state index in [2.05, 4.69) is 15.0 Å². The zero-order valence-corrected chi connectivity index (χ0v) is 11.0. The van der Waals surface area contributed by atoms with Crippen molar-refractivity contribution in [3.63, 3.8) is 0 Å². The normalized spacial score (nSPS) is 19.0. The van der Waals surface area contributed by atoms with Crippen LogP contribution in [-0.2, 0) is 11.2 Å². The maximum absolute atomic E-state index is 6.11. The van der Waals surface area contributed by atoms with Crippen molar-refractivity contribution in [1.29, 1.82) is 0 Å². The van der Waals surface area contributed by atoms with E-state index in [0.717, 1.165) is 19.6 Å². The Morgan fingerprint density at radius 3 is 2.89 bits per heavy atom. The molecular weight excluding hydrogens is 232 g/mol. The van der Waals surface area contributed by atoms with E-state index in [0.29, 0.717) is 24.7 Å². The van der Waals surface area contributed by atoms with Gasteiger partial charge in [-0.3, -0.25) is 0 Å². The Balaban J connectivity index is 1.83. The number of nitrogens with zero attached hydrogens (tertiary/aromatic N) is 3. The van der Waals surface area contributed by atoms with Crippen LogP contribution in [0.4, 0.5) is 0 Å². The number of piperidine rings is 1. The van der Waals surface area contributed by atoms with Crippen molar-refractivity contribution in [2.24, 2.45) is 5.73 Å². The highest BCUT2D eigenvalue weighted by molar-refractivity contribution is 4.94. The molecule has 0 amide bonds. The lowest BCUT2D eigenvalue weighted by molar-refractivity contribution is 0.191. The van der Waals surface area contributed by atoms with Crippen molar-refractivity contribution in [2.75, 3.05) is 33.4 Å². The highest BCUT2D eigenvalue weighted by atomic mass is 16.5. The van der Waals surface area contributed by atoms with E-state index in [4.69, 9.17) is 15.0 Å². The summed E-state index contributed by atoms with van der Waals surface area (Å²) in [5, 5.41) is 3.94. The average molecular weight is 254 g/mol. The molecule has 6 heteroatoms. The Morgan fingerprint density at radius 1 is 1.39 bits per heavy atom. The molecule has 1 aromatic heterocycles. The lowest BCUT2D eigenvalue weighted by Gasteiger charge is -2.27. The fraction of sp³-hybridized carbons (Fsp3) is 0.833. The van der Waals surface area contributed by atoms with E-state index in [1.165, 1.54) is 19.3 Å². The Labute approximate surface area is 107 Å². The molecule has 2 rings (SSSR count). The van der Waals surface area contributed by atoms with Gasteiger partial charge in [-0.15, -0.1) is 0 Å². The van der Waals surface area contributed by atoms with Crippen LogP contribution >= 0.6 is 0 Å². The number of aromatic nitrogens is 2. The van der Waals surface area contributed by atoms with Gasteiger partial charge in [-0.1, -0.05) is 11.6 Å². The van der Waals surface area contributed by atoms with Crippen molar-refractivity contribution in [2.45, 2.75) is 31.7 Å². The maximum Gasteiger partial charge on any atom is 0.229 e. The summed E-state index contributed by atoms with van der Waals surface area (Å²) < 4.78 is 10.1. The zero-order valence-electron chi connectivity index (χ0n) is 11.0. The van der Waals surface area contributed by atoms with Crippen LogP contribution in [0.5, 0.6) is 0 Å². The Morgan fingerprint density at radius 2 is 2.17 bits per heavy atom. The van der Waals surface area contributed by atoms with E-state index in [1.54, 1.807) is 7.11 Å². The third kappa shape index (κ3) is 3.76. The van der Waals surface area contributed by atoms with Crippen LogP contribution < -0.4 is 5.73 Å². The number of likely N-dealkylation sites (tertiary alicyclic amines) is 1. The number of nitrogens with two attached hydrogens (primary N) is 1. The third-order valence-corrected chi connectivity index (χ3v) is 3.24. The van der Waals surface area contributed by atoms with E-state index in [-0.39, 0.29) is 6.04 Å². The zero-order chi connectivity index (χ0) is 12.8. The van der Waals surface area contributed by atoms with Crippen molar-refractivity contribution in [3.8, 4) is 0 Å². The minimum atomic E-state index is -0.164. The number of hydrogen-bond acceptors (Lipinski definition) is 6. The summed E-state index contributed by atoms with van der Waals surface area (Å²) in [6.07, 6.45) is 4.49. The number of rotatable bonds is 6. The predicted octanol–water partition coefficient (Wildman–Crippen LogP) is 0.744. The molecule has 0 bridgehead atoms. The third-order valence-electron chi connectivity index (χ3n) is 3.24. The average Bonchev–Trinajstić information content (AvgIpc) is 2.86. The minimum Gasteiger partial charge on any atom is -0.384 e. The molecule has 18 heavy (non-hydrogen) atoms. The molecule has 102 valence electrons. The molecule has 0 aromatic carbocycles. The van der Waals surface area contributed by atoms with E-state index in [1.807, 2.05) is 0 Å². The second-order valence-corrected chi connectivity index (χ2v) is 4.76. The van der Waals surface area contributed by atoms with Gasteiger partial charge in [-0.25, -0.2) is 0 Å². The molecule has 0 radical (unpaired) electrons. The lowest BCUT2D eigenvalue weighted by Crippen LogP contribution is -2.36. The van der Waals surface area contributed by atoms with Gasteiger partial charge >= 0.3 is 0 Å². The van der Waals surface area contributed by atoms with Crippen LogP contribution in [0, 0.1) is 0 Å². The molecule has 1 unspecified atom stereocenters. The van der Waals surface area contributed by atoms with Crippen LogP contribution in [0.2, 0.25) is 0 Å². The quantitative estimate of drug-likeness (QED) is 0.807. The largest absolute Gasteiger partial charge is 0.384 e. The van der Waals surface area contributed by atoms with Crippen LogP contribution in [0.1, 0.15) is 37.0 Å². The summed E-state index contributed by atoms with van der Waals surface area (Å²) in [6.45, 7) is 3.65. The smallest absolute Gasteiger partial charge is 0.229 e. The molecule has 1 aromatic rings. The van der Waals surface area contributed by atoms with Gasteiger partial charge in [0.2, 0.25) is 5.89 Å². The van der Waals surface area contributed by atoms with E-state index < -0.39 is 0 Å². The molecule has 0 saturated carbocycles. The van der Waals surface area contributed by atoms with Gasteiger partial charge in [0, 0.05) is 13.7 Å². The summed E-state index contributed by atoms with van der Waals surface area (Å²) in [5.74, 6) is 1.20. The van der Waals surface area contributed by atoms with Crippen molar-refractivity contribution in [1.82, 2.24) is 15.0 Å². The van der Waals surface area contributed by atoms with E-state index in [9.17, 15) is 0 Å². The standard InChI is InChI=1S/C12H22N4O2/c1-17-8-5-11-14-12(15-18-11)10(13)9-16-6-3-2-4-7-16/h10H,2-9,13H2,1H3. The number of methoxy groups -OCH3 is 1. The predicted molar refractivity (Wildman–Crippen MR) is 67.1 cm³/mol. The van der Waals surface area contributed by atoms with Gasteiger partial charge in [0.25, 0.3) is 0 Å². The molecule has 1 atom stereocenters. The fourth-order valence-electron chi connectivity index (χ4n) is 2.21. The highest BCUT2D eigenvalue weighted by Crippen LogP contribution is 2.13. The van der Waals surface area contributed by atoms with Crippen molar-refractivity contribution in [3.05, 3.63) is 11.7 Å². The SMILES string of the molecule is COCCc1nc(C(N)CN2CCCCC2)no1. The summed E-state index contributed by atoms with van der Waals surface area (Å²) in [5.41, 5.74) is 6.11. The molecular formula is C12H22N4O2. The van der Waals surface area contributed by atoms with Crippen molar-refractivity contribution < 1.29 is 9.26 Å². The fourth-order valence-corrected chi connectivity index (χ4v) is 2.21. The van der Waals surface area contributed by atoms with Crippen molar-refractivity contribution >= 4 is 0 Å². The first kappa shape index (κ1) is 13.5. The lowest BCUT2D eigenvalue weighted by atomic mass is 10.1. The van der Waals surface area contributed by atoms with Crippen LogP contribution in [0.25, 0.3) is 0 Å². The Kier molecular flexibility index (Phi) is 5.10. The first-order chi connectivity index (χ1) is 8.79. The summed E-state index contributed by atoms with van der Waals surface area (Å²) >= 11 is 0. The number of hydrogen-bond donors (Lipinski definition) is 1. The number of ether oxygens (including phenoxy) is 1. The second kappa shape index (κ2) is 6.82. The minimum absolute atomic E-state index is 0.164. The van der Waals surface area contributed by atoms with Gasteiger partial charge in [0.05, 0.1) is 19.1 Å². The molecule has 0 spiro atoms. The Hall–Kier alpha value is -0.980. The molecule has 1 aliphatic rings. The van der Waals surface area contributed by atoms with E-state index >= 15 is 0 Å². The summed E-state index contributed by atoms with van der Waals surface area (Å²) in [7, 11) is 1.65. The summed E-state index contributed by atoms with van der Waals surface area (Å²) in [6, 6.07) is -0.164. The molecule has 1 saturated heterocycles. The monoisotopic (exact) mass is 254 g/mol. The van der Waals surface area contributed by atoms with Gasteiger partial charge in [0.1, 0.15) is 0 Å². The molecule has 1 aliphatic heterocycles. The molecule has 6 nitrogen and oxygen atoms in total. The molecule has 2 N–H and O–H groups in total. The molecule has 1 fully saturated rings. The highest BCUT2D eigenvalue weighted by Gasteiger charge is 2.19. The summed E-state index contributed by atoms with van der Waals surface area (Å²) in [4.78, 5) is 6.68. The van der Waals surface area contributed by atoms with Gasteiger partial charge in [-0.2, -0.15) is 4.98 Å². The van der Waals surface area contributed by atoms with Crippen LogP contribution in [-0.4, -0.2) is 48.4 Å². The van der Waals surface area contributed by atoms with Crippen LogP contribution in [0.15, 0.2) is 4.52 Å². The van der Waals surface area contributed by atoms with Gasteiger partial charge < -0.3 is 19.9 Å². The van der Waals surface area contributed by atoms with Gasteiger partial charge in [0.15, 0.2) is 5.82 Å².